The van der Waals surface area contributed by atoms with Gasteiger partial charge in [0.15, 0.2) is 5.78 Å². The number of pyridine rings is 1. The lowest BCUT2D eigenvalue weighted by Crippen LogP contribution is -2.51. The molecule has 2 atom stereocenters. The molecule has 0 aromatic carbocycles. The van der Waals surface area contributed by atoms with Crippen molar-refractivity contribution in [3.05, 3.63) is 22.8 Å². The van der Waals surface area contributed by atoms with Gasteiger partial charge in [-0.25, -0.2) is 4.98 Å². The normalized spacial score (nSPS) is 28.1. The molecule has 0 spiro atoms. The van der Waals surface area contributed by atoms with Gasteiger partial charge in [0.2, 0.25) is 0 Å². The van der Waals surface area contributed by atoms with E-state index in [0.717, 1.165) is 12.8 Å². The van der Waals surface area contributed by atoms with Crippen molar-refractivity contribution in [3.8, 4) is 0 Å². The molecule has 4 N–H and O–H groups in total. The van der Waals surface area contributed by atoms with Gasteiger partial charge in [-0.3, -0.25) is 4.79 Å². The van der Waals surface area contributed by atoms with E-state index in [1.165, 1.54) is 6.20 Å². The molecule has 1 aromatic rings. The Labute approximate surface area is 112 Å². The number of nitrogens with zero attached hydrogens (tertiary/aromatic N) is 1. The molecule has 0 amide bonds. The summed E-state index contributed by atoms with van der Waals surface area (Å²) in [4.78, 5) is 16.5. The molecule has 1 fully saturated rings. The van der Waals surface area contributed by atoms with Crippen molar-refractivity contribution in [2.75, 3.05) is 5.73 Å². The van der Waals surface area contributed by atoms with E-state index in [4.69, 9.17) is 23.1 Å². The number of nitrogens with two attached hydrogens (primary N) is 2. The Morgan fingerprint density at radius 2 is 2.33 bits per heavy atom. The van der Waals surface area contributed by atoms with E-state index in [0.29, 0.717) is 29.3 Å². The van der Waals surface area contributed by atoms with Gasteiger partial charge < -0.3 is 11.5 Å². The summed E-state index contributed by atoms with van der Waals surface area (Å²) in [5.41, 5.74) is 11.5. The lowest BCUT2D eigenvalue weighted by Gasteiger charge is -2.35. The van der Waals surface area contributed by atoms with E-state index < -0.39 is 5.54 Å². The third-order valence-electron chi connectivity index (χ3n) is 3.61. The second-order valence-electron chi connectivity index (χ2n) is 5.27. The number of nitrogen functional groups attached to an aromatic ring is 1. The average Bonchev–Trinajstić information content (AvgIpc) is 2.31. The molecule has 0 aliphatic heterocycles. The van der Waals surface area contributed by atoms with Gasteiger partial charge in [0.1, 0.15) is 5.82 Å². The van der Waals surface area contributed by atoms with Crippen molar-refractivity contribution < 1.29 is 4.79 Å². The molecule has 5 heteroatoms. The predicted octanol–water partition coefficient (Wildman–Crippen LogP) is 2.41. The van der Waals surface area contributed by atoms with Crippen LogP contribution in [0.1, 0.15) is 43.0 Å². The third kappa shape index (κ3) is 2.49. The highest BCUT2D eigenvalue weighted by Gasteiger charge is 2.39. The van der Waals surface area contributed by atoms with Crippen LogP contribution in [-0.2, 0) is 0 Å². The molecule has 98 valence electrons. The van der Waals surface area contributed by atoms with Crippen molar-refractivity contribution in [1.82, 2.24) is 4.98 Å². The fraction of sp³-hybridized carbons (Fsp3) is 0.538. The van der Waals surface area contributed by atoms with Crippen LogP contribution in [0.25, 0.3) is 0 Å². The second-order valence-corrected chi connectivity index (χ2v) is 5.71. The van der Waals surface area contributed by atoms with E-state index in [2.05, 4.69) is 11.9 Å². The largest absolute Gasteiger partial charge is 0.383 e. The number of carbonyl (C=O) groups excluding carboxylic acids is 1. The summed E-state index contributed by atoms with van der Waals surface area (Å²) in [6, 6.07) is 1.56. The van der Waals surface area contributed by atoms with E-state index in [1.54, 1.807) is 6.07 Å². The van der Waals surface area contributed by atoms with E-state index >= 15 is 0 Å². The van der Waals surface area contributed by atoms with Crippen LogP contribution in [0.4, 0.5) is 5.82 Å². The SMILES string of the molecule is CC1CCCC(N)(C(=O)c2cc(Cl)cnc2N)C1. The van der Waals surface area contributed by atoms with Gasteiger partial charge >= 0.3 is 0 Å². The molecular weight excluding hydrogens is 250 g/mol. The Hall–Kier alpha value is -1.13. The lowest BCUT2D eigenvalue weighted by atomic mass is 9.73. The lowest BCUT2D eigenvalue weighted by molar-refractivity contribution is 0.0820. The van der Waals surface area contributed by atoms with Gasteiger partial charge in [-0.15, -0.1) is 0 Å². The first-order valence-electron chi connectivity index (χ1n) is 6.17. The van der Waals surface area contributed by atoms with Gasteiger partial charge in [-0.2, -0.15) is 0 Å². The fourth-order valence-electron chi connectivity index (χ4n) is 2.70. The number of ketones is 1. The van der Waals surface area contributed by atoms with Crippen LogP contribution in [0, 0.1) is 5.92 Å². The molecule has 1 saturated carbocycles. The maximum atomic E-state index is 12.5. The van der Waals surface area contributed by atoms with Crippen LogP contribution in [0.3, 0.4) is 0 Å². The summed E-state index contributed by atoms with van der Waals surface area (Å²) in [5, 5.41) is 0.403. The standard InChI is InChI=1S/C13H18ClN3O/c1-8-3-2-4-13(16,6-8)11(18)10-5-9(14)7-17-12(10)15/h5,7-8H,2-4,6,16H2,1H3,(H2,15,17). The average molecular weight is 268 g/mol. The first kappa shape index (κ1) is 13.3. The molecule has 0 saturated heterocycles. The van der Waals surface area contributed by atoms with Crippen LogP contribution in [0.5, 0.6) is 0 Å². The smallest absolute Gasteiger partial charge is 0.186 e. The van der Waals surface area contributed by atoms with Crippen LogP contribution in [-0.4, -0.2) is 16.3 Å². The number of anilines is 1. The Balaban J connectivity index is 2.32. The highest BCUT2D eigenvalue weighted by molar-refractivity contribution is 6.31. The minimum absolute atomic E-state index is 0.137. The molecule has 1 aliphatic carbocycles. The first-order valence-corrected chi connectivity index (χ1v) is 6.55. The number of hydrogen-bond donors (Lipinski definition) is 2. The Kier molecular flexibility index (Phi) is 3.59. The molecule has 1 heterocycles. The molecule has 0 radical (unpaired) electrons. The Morgan fingerprint density at radius 1 is 1.61 bits per heavy atom. The van der Waals surface area contributed by atoms with E-state index in [9.17, 15) is 4.79 Å². The number of rotatable bonds is 2. The molecular formula is C13H18ClN3O. The van der Waals surface area contributed by atoms with Crippen LogP contribution in [0.15, 0.2) is 12.3 Å². The quantitative estimate of drug-likeness (QED) is 0.806. The maximum absolute atomic E-state index is 12.5. The summed E-state index contributed by atoms with van der Waals surface area (Å²) in [7, 11) is 0. The highest BCUT2D eigenvalue weighted by atomic mass is 35.5. The third-order valence-corrected chi connectivity index (χ3v) is 3.82. The summed E-state index contributed by atoms with van der Waals surface area (Å²) < 4.78 is 0. The van der Waals surface area contributed by atoms with Gasteiger partial charge in [0, 0.05) is 6.20 Å². The van der Waals surface area contributed by atoms with Crippen molar-refractivity contribution in [2.45, 2.75) is 38.1 Å². The second kappa shape index (κ2) is 4.86. The molecule has 2 rings (SSSR count). The highest BCUT2D eigenvalue weighted by Crippen LogP contribution is 2.34. The van der Waals surface area contributed by atoms with E-state index in [1.807, 2.05) is 0 Å². The summed E-state index contributed by atoms with van der Waals surface area (Å²) in [5.74, 6) is 0.523. The zero-order valence-corrected chi connectivity index (χ0v) is 11.2. The summed E-state index contributed by atoms with van der Waals surface area (Å²) in [6.45, 7) is 2.12. The molecule has 18 heavy (non-hydrogen) atoms. The molecule has 4 nitrogen and oxygen atoms in total. The van der Waals surface area contributed by atoms with Gasteiger partial charge in [-0.05, 0) is 24.8 Å². The summed E-state index contributed by atoms with van der Waals surface area (Å²) >= 11 is 5.86. The van der Waals surface area contributed by atoms with E-state index in [-0.39, 0.29) is 11.6 Å². The topological polar surface area (TPSA) is 82.0 Å². The zero-order valence-electron chi connectivity index (χ0n) is 10.4. The van der Waals surface area contributed by atoms with Crippen molar-refractivity contribution in [1.29, 1.82) is 0 Å². The first-order chi connectivity index (χ1) is 8.42. The minimum atomic E-state index is -0.821. The molecule has 1 aliphatic rings. The van der Waals surface area contributed by atoms with Crippen LogP contribution >= 0.6 is 11.6 Å². The number of hydrogen-bond acceptors (Lipinski definition) is 4. The number of Topliss-reactive ketones (excluding diaryl/α,β-unsaturated/α-hetero) is 1. The van der Waals surface area contributed by atoms with Crippen LogP contribution in [0.2, 0.25) is 5.02 Å². The fourth-order valence-corrected chi connectivity index (χ4v) is 2.86. The summed E-state index contributed by atoms with van der Waals surface area (Å²) in [6.07, 6.45) is 4.91. The van der Waals surface area contributed by atoms with Crippen molar-refractivity contribution in [3.63, 3.8) is 0 Å². The Morgan fingerprint density at radius 3 is 3.00 bits per heavy atom. The number of aromatic nitrogens is 1. The maximum Gasteiger partial charge on any atom is 0.186 e. The number of carbonyl (C=O) groups is 1. The van der Waals surface area contributed by atoms with Gasteiger partial charge in [-0.1, -0.05) is 31.4 Å². The molecule has 2 unspecified atom stereocenters. The Bertz CT molecular complexity index is 477. The predicted molar refractivity (Wildman–Crippen MR) is 72.5 cm³/mol. The minimum Gasteiger partial charge on any atom is -0.383 e. The van der Waals surface area contributed by atoms with Gasteiger partial charge in [0.05, 0.1) is 16.1 Å². The van der Waals surface area contributed by atoms with Crippen molar-refractivity contribution >= 4 is 23.2 Å². The monoisotopic (exact) mass is 267 g/mol. The van der Waals surface area contributed by atoms with Crippen LogP contribution < -0.4 is 11.5 Å². The number of halogens is 1. The van der Waals surface area contributed by atoms with Crippen molar-refractivity contribution in [2.24, 2.45) is 11.7 Å². The molecule has 1 aromatic heterocycles. The van der Waals surface area contributed by atoms with Gasteiger partial charge in [0.25, 0.3) is 0 Å². The molecule has 0 bridgehead atoms. The zero-order chi connectivity index (χ0) is 13.3.